The molecule has 28 heavy (non-hydrogen) atoms. The Labute approximate surface area is 168 Å². The third kappa shape index (κ3) is 5.50. The molecule has 1 amide bonds. The number of hydrogen-bond acceptors (Lipinski definition) is 5. The van der Waals surface area contributed by atoms with Crippen LogP contribution in [0.25, 0.3) is 6.08 Å². The smallest absolute Gasteiger partial charge is 0.331 e. The lowest BCUT2D eigenvalue weighted by Crippen LogP contribution is -2.30. The Balaban J connectivity index is 1.46. The maximum atomic E-state index is 12.0. The highest BCUT2D eigenvalue weighted by Gasteiger charge is 2.12. The summed E-state index contributed by atoms with van der Waals surface area (Å²) in [5.74, 6) is 0.322. The third-order valence-electron chi connectivity index (χ3n) is 4.07. The van der Waals surface area contributed by atoms with Crippen molar-refractivity contribution in [1.82, 2.24) is 5.32 Å². The van der Waals surface area contributed by atoms with Crippen molar-refractivity contribution in [2.24, 2.45) is 0 Å². The van der Waals surface area contributed by atoms with E-state index in [0.717, 1.165) is 11.1 Å². The van der Waals surface area contributed by atoms with E-state index in [1.54, 1.807) is 36.4 Å². The average molecular weight is 402 g/mol. The minimum absolute atomic E-state index is 0.225. The summed E-state index contributed by atoms with van der Waals surface area (Å²) >= 11 is 5.85. The Kier molecular flexibility index (Phi) is 6.55. The molecule has 0 fully saturated rings. The zero-order valence-electron chi connectivity index (χ0n) is 15.3. The molecule has 1 N–H and O–H groups in total. The van der Waals surface area contributed by atoms with E-state index in [-0.39, 0.29) is 18.6 Å². The number of halogens is 1. The molecule has 0 bridgehead atoms. The number of nitrogens with one attached hydrogen (secondary N) is 1. The Morgan fingerprint density at radius 1 is 1.14 bits per heavy atom. The van der Waals surface area contributed by atoms with Gasteiger partial charge < -0.3 is 19.5 Å². The summed E-state index contributed by atoms with van der Waals surface area (Å²) in [6.45, 7) is 2.49. The first-order valence-corrected chi connectivity index (χ1v) is 9.18. The highest BCUT2D eigenvalue weighted by molar-refractivity contribution is 6.30. The number of rotatable bonds is 6. The molecule has 0 radical (unpaired) electrons. The second-order valence-corrected chi connectivity index (χ2v) is 6.62. The van der Waals surface area contributed by atoms with E-state index in [1.807, 2.05) is 19.1 Å². The summed E-state index contributed by atoms with van der Waals surface area (Å²) < 4.78 is 15.9. The van der Waals surface area contributed by atoms with Crippen LogP contribution in [0.3, 0.4) is 0 Å². The molecular formula is C21H20ClNO5. The van der Waals surface area contributed by atoms with Crippen molar-refractivity contribution >= 4 is 29.6 Å². The van der Waals surface area contributed by atoms with Crippen molar-refractivity contribution in [1.29, 1.82) is 0 Å². The minimum atomic E-state index is -0.607. The van der Waals surface area contributed by atoms with E-state index in [1.165, 1.54) is 6.08 Å². The maximum Gasteiger partial charge on any atom is 0.331 e. The Morgan fingerprint density at radius 2 is 1.86 bits per heavy atom. The van der Waals surface area contributed by atoms with Crippen molar-refractivity contribution in [3.05, 3.63) is 64.7 Å². The normalized spacial score (nSPS) is 13.8. The van der Waals surface area contributed by atoms with Gasteiger partial charge in [0, 0.05) is 11.1 Å². The number of carbonyl (C=O) groups excluding carboxylic acids is 2. The Morgan fingerprint density at radius 3 is 2.61 bits per heavy atom. The van der Waals surface area contributed by atoms with Crippen molar-refractivity contribution in [3.8, 4) is 11.5 Å². The van der Waals surface area contributed by atoms with Crippen molar-refractivity contribution in [2.75, 3.05) is 19.8 Å². The first-order chi connectivity index (χ1) is 13.5. The van der Waals surface area contributed by atoms with E-state index < -0.39 is 5.97 Å². The van der Waals surface area contributed by atoms with Crippen LogP contribution in [0.15, 0.2) is 48.5 Å². The number of amides is 1. The fraction of sp³-hybridized carbons (Fsp3) is 0.238. The lowest BCUT2D eigenvalue weighted by molar-refractivity contribution is -0.144. The van der Waals surface area contributed by atoms with E-state index in [9.17, 15) is 9.59 Å². The molecule has 7 heteroatoms. The molecule has 2 aromatic rings. The lowest BCUT2D eigenvalue weighted by Gasteiger charge is -2.18. The quantitative estimate of drug-likeness (QED) is 0.592. The summed E-state index contributed by atoms with van der Waals surface area (Å²) in [7, 11) is 0. The van der Waals surface area contributed by atoms with Crippen LogP contribution in [0.2, 0.25) is 5.02 Å². The van der Waals surface area contributed by atoms with Crippen molar-refractivity contribution < 1.29 is 23.8 Å². The summed E-state index contributed by atoms with van der Waals surface area (Å²) in [4.78, 5) is 23.8. The number of hydrogen-bond donors (Lipinski definition) is 1. The van der Waals surface area contributed by atoms with Gasteiger partial charge >= 0.3 is 5.97 Å². The molecule has 0 aliphatic carbocycles. The Bertz CT molecular complexity index is 879. The van der Waals surface area contributed by atoms with Gasteiger partial charge in [-0.2, -0.15) is 0 Å². The molecule has 6 nitrogen and oxygen atoms in total. The SMILES string of the molecule is C[C@@H](NC(=O)COC(=O)/C=C/c1ccc2c(c1)OCCO2)c1ccc(Cl)cc1. The minimum Gasteiger partial charge on any atom is -0.486 e. The van der Waals surface area contributed by atoms with Crippen LogP contribution >= 0.6 is 11.6 Å². The van der Waals surface area contributed by atoms with Gasteiger partial charge in [-0.15, -0.1) is 0 Å². The van der Waals surface area contributed by atoms with Gasteiger partial charge in [-0.1, -0.05) is 29.8 Å². The lowest BCUT2D eigenvalue weighted by atomic mass is 10.1. The van der Waals surface area contributed by atoms with E-state index in [0.29, 0.717) is 29.7 Å². The summed E-state index contributed by atoms with van der Waals surface area (Å²) in [6.07, 6.45) is 2.86. The maximum absolute atomic E-state index is 12.0. The summed E-state index contributed by atoms with van der Waals surface area (Å²) in [6, 6.07) is 12.3. The zero-order valence-corrected chi connectivity index (χ0v) is 16.1. The summed E-state index contributed by atoms with van der Waals surface area (Å²) in [5, 5.41) is 3.39. The van der Waals surface area contributed by atoms with Gasteiger partial charge in [-0.25, -0.2) is 4.79 Å². The van der Waals surface area contributed by atoms with Gasteiger partial charge in [0.2, 0.25) is 0 Å². The second-order valence-electron chi connectivity index (χ2n) is 6.18. The molecule has 0 unspecified atom stereocenters. The van der Waals surface area contributed by atoms with Crippen molar-refractivity contribution in [2.45, 2.75) is 13.0 Å². The number of esters is 1. The van der Waals surface area contributed by atoms with Crippen LogP contribution in [0.1, 0.15) is 24.1 Å². The molecule has 2 aromatic carbocycles. The number of carbonyl (C=O) groups is 2. The largest absolute Gasteiger partial charge is 0.486 e. The third-order valence-corrected chi connectivity index (χ3v) is 4.32. The fourth-order valence-corrected chi connectivity index (χ4v) is 2.76. The predicted octanol–water partition coefficient (Wildman–Crippen LogP) is 3.55. The standard InChI is InChI=1S/C21H20ClNO5/c1-14(16-4-6-17(22)7-5-16)23-20(24)13-28-21(25)9-3-15-2-8-18-19(12-15)27-11-10-26-18/h2-9,12,14H,10-11,13H2,1H3,(H,23,24)/b9-3+/t14-/m1/s1. The van der Waals surface area contributed by atoms with Crippen LogP contribution in [0.5, 0.6) is 11.5 Å². The second kappa shape index (κ2) is 9.28. The number of ether oxygens (including phenoxy) is 3. The average Bonchev–Trinajstić information content (AvgIpc) is 2.71. The number of fused-ring (bicyclic) bond motifs is 1. The fourth-order valence-electron chi connectivity index (χ4n) is 2.63. The van der Waals surface area contributed by atoms with Crippen LogP contribution in [0.4, 0.5) is 0 Å². The van der Waals surface area contributed by atoms with Crippen LogP contribution in [-0.4, -0.2) is 31.7 Å². The predicted molar refractivity (Wildman–Crippen MR) is 105 cm³/mol. The van der Waals surface area contributed by atoms with E-state index in [4.69, 9.17) is 25.8 Å². The topological polar surface area (TPSA) is 73.9 Å². The molecule has 1 aliphatic heterocycles. The molecule has 1 aliphatic rings. The molecule has 0 spiro atoms. The van der Waals surface area contributed by atoms with Gasteiger partial charge in [-0.05, 0) is 48.4 Å². The number of benzene rings is 2. The summed E-state index contributed by atoms with van der Waals surface area (Å²) in [5.41, 5.74) is 1.67. The van der Waals surface area contributed by atoms with Gasteiger partial charge in [-0.3, -0.25) is 4.79 Å². The monoisotopic (exact) mass is 401 g/mol. The van der Waals surface area contributed by atoms with Gasteiger partial charge in [0.25, 0.3) is 5.91 Å². The van der Waals surface area contributed by atoms with Crippen LogP contribution in [0, 0.1) is 0 Å². The molecule has 0 aromatic heterocycles. The van der Waals surface area contributed by atoms with Crippen molar-refractivity contribution in [3.63, 3.8) is 0 Å². The van der Waals surface area contributed by atoms with Crippen LogP contribution in [-0.2, 0) is 14.3 Å². The van der Waals surface area contributed by atoms with Gasteiger partial charge in [0.05, 0.1) is 6.04 Å². The van der Waals surface area contributed by atoms with Gasteiger partial charge in [0.1, 0.15) is 13.2 Å². The highest BCUT2D eigenvalue weighted by Crippen LogP contribution is 2.31. The van der Waals surface area contributed by atoms with Crippen LogP contribution < -0.4 is 14.8 Å². The molecular weight excluding hydrogens is 382 g/mol. The van der Waals surface area contributed by atoms with Gasteiger partial charge in [0.15, 0.2) is 18.1 Å². The molecule has 0 saturated carbocycles. The highest BCUT2D eigenvalue weighted by atomic mass is 35.5. The van der Waals surface area contributed by atoms with E-state index in [2.05, 4.69) is 5.32 Å². The zero-order chi connectivity index (χ0) is 19.9. The Hall–Kier alpha value is -2.99. The first kappa shape index (κ1) is 19.8. The van der Waals surface area contributed by atoms with E-state index >= 15 is 0 Å². The molecule has 3 rings (SSSR count). The molecule has 0 saturated heterocycles. The molecule has 146 valence electrons. The molecule has 1 atom stereocenters. The molecule has 1 heterocycles. The first-order valence-electron chi connectivity index (χ1n) is 8.80.